The van der Waals surface area contributed by atoms with Gasteiger partial charge in [-0.05, 0) is 37.8 Å². The van der Waals surface area contributed by atoms with Crippen LogP contribution in [-0.2, 0) is 11.2 Å². The quantitative estimate of drug-likeness (QED) is 0.767. The van der Waals surface area contributed by atoms with Gasteiger partial charge in [-0.3, -0.25) is 4.79 Å². The third-order valence-electron chi connectivity index (χ3n) is 4.24. The van der Waals surface area contributed by atoms with Crippen LogP contribution in [0.4, 0.5) is 0 Å². The van der Waals surface area contributed by atoms with Gasteiger partial charge in [0.15, 0.2) is 0 Å². The maximum absolute atomic E-state index is 12.4. The molecule has 1 nitrogen and oxygen atoms in total. The zero-order valence-corrected chi connectivity index (χ0v) is 11.2. The van der Waals surface area contributed by atoms with Crippen LogP contribution in [0.3, 0.4) is 0 Å². The van der Waals surface area contributed by atoms with Crippen LogP contribution in [0.1, 0.15) is 49.3 Å². The lowest BCUT2D eigenvalue weighted by atomic mass is 9.81. The van der Waals surface area contributed by atoms with E-state index >= 15 is 0 Å². The van der Waals surface area contributed by atoms with Gasteiger partial charge in [-0.1, -0.05) is 43.5 Å². The van der Waals surface area contributed by atoms with E-state index in [9.17, 15) is 4.79 Å². The van der Waals surface area contributed by atoms with Crippen molar-refractivity contribution in [2.24, 2.45) is 5.41 Å². The van der Waals surface area contributed by atoms with Crippen LogP contribution in [-0.4, -0.2) is 5.78 Å². The molecule has 17 heavy (non-hydrogen) atoms. The van der Waals surface area contributed by atoms with E-state index in [4.69, 9.17) is 0 Å². The summed E-state index contributed by atoms with van der Waals surface area (Å²) >= 11 is 0. The molecule has 0 saturated heterocycles. The molecule has 1 aromatic carbocycles. The molecule has 1 aliphatic carbocycles. The molecule has 0 amide bonds. The number of carbonyl (C=O) groups excluding carboxylic acids is 1. The van der Waals surface area contributed by atoms with Gasteiger partial charge in [0.2, 0.25) is 0 Å². The van der Waals surface area contributed by atoms with Crippen molar-refractivity contribution in [3.8, 4) is 0 Å². The average Bonchev–Trinajstić information content (AvgIpc) is 2.72. The zero-order chi connectivity index (χ0) is 12.5. The molecular formula is C16H22O. The van der Waals surface area contributed by atoms with E-state index in [1.807, 2.05) is 0 Å². The molecule has 2 rings (SSSR count). The summed E-state index contributed by atoms with van der Waals surface area (Å²) in [7, 11) is 0. The Labute approximate surface area is 104 Å². The highest BCUT2D eigenvalue weighted by molar-refractivity contribution is 5.87. The Bertz CT molecular complexity index is 425. The third-order valence-corrected chi connectivity index (χ3v) is 4.24. The molecule has 0 aliphatic heterocycles. The van der Waals surface area contributed by atoms with Gasteiger partial charge in [0.1, 0.15) is 5.78 Å². The van der Waals surface area contributed by atoms with E-state index in [1.54, 1.807) is 0 Å². The van der Waals surface area contributed by atoms with Crippen molar-refractivity contribution in [3.63, 3.8) is 0 Å². The molecule has 1 heteroatoms. The second kappa shape index (κ2) is 4.64. The minimum Gasteiger partial charge on any atom is -0.299 e. The fourth-order valence-corrected chi connectivity index (χ4v) is 2.81. The lowest BCUT2D eigenvalue weighted by Crippen LogP contribution is -2.26. The van der Waals surface area contributed by atoms with Crippen molar-refractivity contribution in [2.75, 3.05) is 0 Å². The summed E-state index contributed by atoms with van der Waals surface area (Å²) in [6.07, 6.45) is 5.21. The lowest BCUT2D eigenvalue weighted by molar-refractivity contribution is -0.126. The van der Waals surface area contributed by atoms with E-state index in [-0.39, 0.29) is 5.41 Å². The number of Topliss-reactive ketones (excluding diaryl/α,β-unsaturated/α-hetero) is 1. The Balaban J connectivity index is 2.15. The number of carbonyl (C=O) groups is 1. The highest BCUT2D eigenvalue weighted by Gasteiger charge is 2.35. The van der Waals surface area contributed by atoms with Crippen molar-refractivity contribution in [1.29, 1.82) is 0 Å². The second-order valence-corrected chi connectivity index (χ2v) is 5.80. The molecular weight excluding hydrogens is 208 g/mol. The molecule has 0 bridgehead atoms. The highest BCUT2D eigenvalue weighted by Crippen LogP contribution is 2.39. The minimum atomic E-state index is -0.0455. The number of hydrogen-bond donors (Lipinski definition) is 0. The fourth-order valence-electron chi connectivity index (χ4n) is 2.81. The molecule has 0 radical (unpaired) electrons. The van der Waals surface area contributed by atoms with E-state index in [0.29, 0.717) is 12.2 Å². The SMILES string of the molecule is Cc1ccc(C)c(CC(=O)C2(C)CCCC2)c1. The smallest absolute Gasteiger partial charge is 0.143 e. The van der Waals surface area contributed by atoms with Gasteiger partial charge in [0, 0.05) is 11.8 Å². The summed E-state index contributed by atoms with van der Waals surface area (Å²) in [6, 6.07) is 6.39. The molecule has 0 atom stereocenters. The highest BCUT2D eigenvalue weighted by atomic mass is 16.1. The predicted octanol–water partition coefficient (Wildman–Crippen LogP) is 4.00. The van der Waals surface area contributed by atoms with Crippen LogP contribution in [0.2, 0.25) is 0 Å². The monoisotopic (exact) mass is 230 g/mol. The average molecular weight is 230 g/mol. The Kier molecular flexibility index (Phi) is 3.37. The van der Waals surface area contributed by atoms with Gasteiger partial charge in [0.05, 0.1) is 0 Å². The molecule has 0 unspecified atom stereocenters. The Morgan fingerprint density at radius 2 is 1.88 bits per heavy atom. The summed E-state index contributed by atoms with van der Waals surface area (Å²) in [4.78, 5) is 12.4. The maximum atomic E-state index is 12.4. The predicted molar refractivity (Wildman–Crippen MR) is 71.2 cm³/mol. The number of rotatable bonds is 3. The standard InChI is InChI=1S/C16H22O/c1-12-6-7-13(2)14(10-12)11-15(17)16(3)8-4-5-9-16/h6-7,10H,4-5,8-9,11H2,1-3H3. The first-order valence-electron chi connectivity index (χ1n) is 6.61. The van der Waals surface area contributed by atoms with Gasteiger partial charge in [-0.15, -0.1) is 0 Å². The van der Waals surface area contributed by atoms with Crippen LogP contribution in [0.15, 0.2) is 18.2 Å². The molecule has 0 aromatic heterocycles. The number of benzene rings is 1. The number of ketones is 1. The Hall–Kier alpha value is -1.11. The summed E-state index contributed by atoms with van der Waals surface area (Å²) < 4.78 is 0. The Morgan fingerprint density at radius 3 is 2.53 bits per heavy atom. The molecule has 1 saturated carbocycles. The largest absolute Gasteiger partial charge is 0.299 e. The Morgan fingerprint density at radius 1 is 1.24 bits per heavy atom. The zero-order valence-electron chi connectivity index (χ0n) is 11.2. The van der Waals surface area contributed by atoms with Crippen molar-refractivity contribution in [2.45, 2.75) is 52.9 Å². The van der Waals surface area contributed by atoms with E-state index < -0.39 is 0 Å². The van der Waals surface area contributed by atoms with Crippen LogP contribution in [0.25, 0.3) is 0 Å². The minimum absolute atomic E-state index is 0.0455. The first kappa shape index (κ1) is 12.3. The maximum Gasteiger partial charge on any atom is 0.143 e. The normalized spacial score (nSPS) is 18.3. The van der Waals surface area contributed by atoms with Crippen molar-refractivity contribution < 1.29 is 4.79 Å². The molecule has 1 fully saturated rings. The summed E-state index contributed by atoms with van der Waals surface area (Å²) in [5.41, 5.74) is 3.65. The third kappa shape index (κ3) is 2.59. The second-order valence-electron chi connectivity index (χ2n) is 5.80. The van der Waals surface area contributed by atoms with Crippen LogP contribution in [0.5, 0.6) is 0 Å². The fraction of sp³-hybridized carbons (Fsp3) is 0.562. The molecule has 0 heterocycles. The van der Waals surface area contributed by atoms with Gasteiger partial charge in [0.25, 0.3) is 0 Å². The summed E-state index contributed by atoms with van der Waals surface area (Å²) in [5, 5.41) is 0. The van der Waals surface area contributed by atoms with Crippen LogP contribution in [0, 0.1) is 19.3 Å². The molecule has 92 valence electrons. The van der Waals surface area contributed by atoms with Gasteiger partial charge in [-0.25, -0.2) is 0 Å². The van der Waals surface area contributed by atoms with Crippen molar-refractivity contribution >= 4 is 5.78 Å². The summed E-state index contributed by atoms with van der Waals surface area (Å²) in [5.74, 6) is 0.434. The van der Waals surface area contributed by atoms with Crippen molar-refractivity contribution in [1.82, 2.24) is 0 Å². The van der Waals surface area contributed by atoms with Gasteiger partial charge in [-0.2, -0.15) is 0 Å². The van der Waals surface area contributed by atoms with Crippen molar-refractivity contribution in [3.05, 3.63) is 34.9 Å². The summed E-state index contributed by atoms with van der Waals surface area (Å²) in [6.45, 7) is 6.33. The number of hydrogen-bond acceptors (Lipinski definition) is 1. The first-order chi connectivity index (χ1) is 8.01. The topological polar surface area (TPSA) is 17.1 Å². The first-order valence-corrected chi connectivity index (χ1v) is 6.61. The van der Waals surface area contributed by atoms with Crippen LogP contribution >= 0.6 is 0 Å². The van der Waals surface area contributed by atoms with E-state index in [2.05, 4.69) is 39.0 Å². The number of aryl methyl sites for hydroxylation is 2. The van der Waals surface area contributed by atoms with Gasteiger partial charge >= 0.3 is 0 Å². The molecule has 1 aromatic rings. The molecule has 0 spiro atoms. The molecule has 0 N–H and O–H groups in total. The van der Waals surface area contributed by atoms with E-state index in [0.717, 1.165) is 12.8 Å². The molecule has 1 aliphatic rings. The van der Waals surface area contributed by atoms with E-state index in [1.165, 1.54) is 29.5 Å². The van der Waals surface area contributed by atoms with Gasteiger partial charge < -0.3 is 0 Å². The lowest BCUT2D eigenvalue weighted by Gasteiger charge is -2.22. The van der Waals surface area contributed by atoms with Crippen LogP contribution < -0.4 is 0 Å².